The topological polar surface area (TPSA) is 38.1 Å². The summed E-state index contributed by atoms with van der Waals surface area (Å²) in [5, 5.41) is 3.33. The molecule has 1 aliphatic heterocycles. The van der Waals surface area contributed by atoms with E-state index in [-0.39, 0.29) is 11.4 Å². The zero-order chi connectivity index (χ0) is 11.7. The summed E-state index contributed by atoms with van der Waals surface area (Å²) < 4.78 is 18.8. The van der Waals surface area contributed by atoms with Crippen molar-refractivity contribution in [3.05, 3.63) is 29.9 Å². The van der Waals surface area contributed by atoms with E-state index in [4.69, 9.17) is 4.42 Å². The molecule has 1 atom stereocenters. The smallest absolute Gasteiger partial charge is 0.195 e. The predicted molar refractivity (Wildman–Crippen MR) is 63.3 cm³/mol. The molecule has 17 heavy (non-hydrogen) atoms. The van der Waals surface area contributed by atoms with Crippen molar-refractivity contribution in [1.29, 1.82) is 0 Å². The van der Waals surface area contributed by atoms with E-state index in [0.29, 0.717) is 17.3 Å². The first-order valence-electron chi connectivity index (χ1n) is 6.07. The van der Waals surface area contributed by atoms with E-state index >= 15 is 0 Å². The zero-order valence-corrected chi connectivity index (χ0v) is 9.58. The summed E-state index contributed by atoms with van der Waals surface area (Å²) in [6, 6.07) is 4.84. The highest BCUT2D eigenvalue weighted by atomic mass is 19.1. The Morgan fingerprint density at radius 1 is 1.47 bits per heavy atom. The average molecular weight is 234 g/mol. The highest BCUT2D eigenvalue weighted by Crippen LogP contribution is 2.21. The van der Waals surface area contributed by atoms with Crippen LogP contribution < -0.4 is 5.32 Å². The molecule has 0 spiro atoms. The lowest BCUT2D eigenvalue weighted by Crippen LogP contribution is -2.09. The molecule has 3 nitrogen and oxygen atoms in total. The van der Waals surface area contributed by atoms with Gasteiger partial charge in [-0.2, -0.15) is 0 Å². The molecule has 1 N–H and O–H groups in total. The molecule has 90 valence electrons. The van der Waals surface area contributed by atoms with Crippen molar-refractivity contribution < 1.29 is 8.81 Å². The van der Waals surface area contributed by atoms with Crippen LogP contribution in [0.4, 0.5) is 4.39 Å². The van der Waals surface area contributed by atoms with Gasteiger partial charge in [-0.25, -0.2) is 9.37 Å². The van der Waals surface area contributed by atoms with Crippen molar-refractivity contribution in [1.82, 2.24) is 10.3 Å². The van der Waals surface area contributed by atoms with Gasteiger partial charge >= 0.3 is 0 Å². The molecule has 1 aliphatic rings. The van der Waals surface area contributed by atoms with E-state index in [1.54, 1.807) is 12.1 Å². The number of benzene rings is 1. The van der Waals surface area contributed by atoms with Gasteiger partial charge in [-0.15, -0.1) is 0 Å². The highest BCUT2D eigenvalue weighted by Gasteiger charge is 2.16. The Balaban J connectivity index is 1.74. The number of hydrogen-bond acceptors (Lipinski definition) is 3. The lowest BCUT2D eigenvalue weighted by atomic mass is 10.0. The third-order valence-corrected chi connectivity index (χ3v) is 3.34. The van der Waals surface area contributed by atoms with Gasteiger partial charge in [0.05, 0.1) is 0 Å². The van der Waals surface area contributed by atoms with Crippen molar-refractivity contribution in [3.8, 4) is 0 Å². The number of nitrogens with zero attached hydrogens (tertiary/aromatic N) is 1. The Hall–Kier alpha value is -1.42. The fraction of sp³-hybridized carbons (Fsp3) is 0.462. The second-order valence-corrected chi connectivity index (χ2v) is 4.59. The van der Waals surface area contributed by atoms with E-state index < -0.39 is 0 Å². The number of fused-ring (bicyclic) bond motifs is 1. The number of para-hydroxylation sites is 1. The number of aryl methyl sites for hydroxylation is 1. The number of nitrogens with one attached hydrogen (secondary N) is 1. The second-order valence-electron chi connectivity index (χ2n) is 4.59. The van der Waals surface area contributed by atoms with Gasteiger partial charge in [0, 0.05) is 6.42 Å². The molecule has 4 heteroatoms. The van der Waals surface area contributed by atoms with E-state index in [9.17, 15) is 4.39 Å². The van der Waals surface area contributed by atoms with Crippen LogP contribution >= 0.6 is 0 Å². The van der Waals surface area contributed by atoms with E-state index in [1.165, 1.54) is 12.5 Å². The highest BCUT2D eigenvalue weighted by molar-refractivity contribution is 5.72. The van der Waals surface area contributed by atoms with Crippen LogP contribution in [0, 0.1) is 11.7 Å². The van der Waals surface area contributed by atoms with Gasteiger partial charge in [-0.05, 0) is 44.0 Å². The van der Waals surface area contributed by atoms with Crippen LogP contribution in [-0.4, -0.2) is 18.1 Å². The first-order chi connectivity index (χ1) is 8.33. The molecule has 0 saturated carbocycles. The Morgan fingerprint density at radius 2 is 2.41 bits per heavy atom. The molecule has 1 fully saturated rings. The number of hydrogen-bond donors (Lipinski definition) is 1. The van der Waals surface area contributed by atoms with Gasteiger partial charge in [-0.1, -0.05) is 6.07 Å². The maximum absolute atomic E-state index is 13.4. The number of halogens is 1. The van der Waals surface area contributed by atoms with Crippen LogP contribution in [0.1, 0.15) is 18.7 Å². The van der Waals surface area contributed by atoms with Crippen molar-refractivity contribution >= 4 is 11.1 Å². The SMILES string of the molecule is Fc1cccc2nc(CC[C@@H]3CCNC3)oc12. The molecular weight excluding hydrogens is 219 g/mol. The normalized spacial score (nSPS) is 20.2. The van der Waals surface area contributed by atoms with Crippen LogP contribution in [0.25, 0.3) is 11.1 Å². The Morgan fingerprint density at radius 3 is 3.18 bits per heavy atom. The summed E-state index contributed by atoms with van der Waals surface area (Å²) in [5.41, 5.74) is 0.900. The van der Waals surface area contributed by atoms with Gasteiger partial charge < -0.3 is 9.73 Å². The number of oxazole rings is 1. The molecule has 0 unspecified atom stereocenters. The van der Waals surface area contributed by atoms with Crippen LogP contribution in [0.2, 0.25) is 0 Å². The zero-order valence-electron chi connectivity index (χ0n) is 9.58. The third kappa shape index (κ3) is 2.17. The van der Waals surface area contributed by atoms with E-state index in [0.717, 1.165) is 25.9 Å². The van der Waals surface area contributed by atoms with Gasteiger partial charge in [0.15, 0.2) is 17.3 Å². The van der Waals surface area contributed by atoms with Gasteiger partial charge in [0.1, 0.15) is 5.52 Å². The first-order valence-corrected chi connectivity index (χ1v) is 6.07. The molecule has 2 aromatic rings. The summed E-state index contributed by atoms with van der Waals surface area (Å²) >= 11 is 0. The molecule has 1 aromatic carbocycles. The first kappa shape index (κ1) is 10.7. The van der Waals surface area contributed by atoms with E-state index in [1.807, 2.05) is 0 Å². The molecule has 2 heterocycles. The fourth-order valence-corrected chi connectivity index (χ4v) is 2.36. The van der Waals surface area contributed by atoms with Crippen molar-refractivity contribution in [2.75, 3.05) is 13.1 Å². The standard InChI is InChI=1S/C13H15FN2O/c14-10-2-1-3-11-13(10)17-12(16-11)5-4-9-6-7-15-8-9/h1-3,9,15H,4-8H2/t9-/m1/s1. The quantitative estimate of drug-likeness (QED) is 0.886. The van der Waals surface area contributed by atoms with Crippen LogP contribution in [0.15, 0.2) is 22.6 Å². The summed E-state index contributed by atoms with van der Waals surface area (Å²) in [6.07, 6.45) is 3.07. The van der Waals surface area contributed by atoms with Crippen LogP contribution in [0.5, 0.6) is 0 Å². The van der Waals surface area contributed by atoms with Crippen molar-refractivity contribution in [2.24, 2.45) is 5.92 Å². The molecule has 0 aliphatic carbocycles. The summed E-state index contributed by atoms with van der Waals surface area (Å²) in [5.74, 6) is 1.02. The Bertz CT molecular complexity index is 517. The molecular formula is C13H15FN2O. The van der Waals surface area contributed by atoms with Gasteiger partial charge in [-0.3, -0.25) is 0 Å². The van der Waals surface area contributed by atoms with Crippen LogP contribution in [-0.2, 0) is 6.42 Å². The minimum absolute atomic E-state index is 0.284. The third-order valence-electron chi connectivity index (χ3n) is 3.34. The Labute approximate surface area is 99.0 Å². The van der Waals surface area contributed by atoms with Gasteiger partial charge in [0.25, 0.3) is 0 Å². The molecule has 1 aromatic heterocycles. The monoisotopic (exact) mass is 234 g/mol. The predicted octanol–water partition coefficient (Wildman–Crippen LogP) is 2.51. The summed E-state index contributed by atoms with van der Waals surface area (Å²) in [4.78, 5) is 4.31. The fourth-order valence-electron chi connectivity index (χ4n) is 2.36. The largest absolute Gasteiger partial charge is 0.438 e. The molecule has 0 amide bonds. The molecule has 3 rings (SSSR count). The van der Waals surface area contributed by atoms with Crippen molar-refractivity contribution in [2.45, 2.75) is 19.3 Å². The molecule has 0 radical (unpaired) electrons. The minimum atomic E-state index is -0.330. The minimum Gasteiger partial charge on any atom is -0.438 e. The van der Waals surface area contributed by atoms with Crippen molar-refractivity contribution in [3.63, 3.8) is 0 Å². The van der Waals surface area contributed by atoms with E-state index in [2.05, 4.69) is 10.3 Å². The Kier molecular flexibility index (Phi) is 2.81. The maximum atomic E-state index is 13.4. The maximum Gasteiger partial charge on any atom is 0.195 e. The second kappa shape index (κ2) is 4.45. The van der Waals surface area contributed by atoms with Gasteiger partial charge in [0.2, 0.25) is 0 Å². The number of rotatable bonds is 3. The summed E-state index contributed by atoms with van der Waals surface area (Å²) in [6.45, 7) is 2.18. The summed E-state index contributed by atoms with van der Waals surface area (Å²) in [7, 11) is 0. The molecule has 0 bridgehead atoms. The lowest BCUT2D eigenvalue weighted by molar-refractivity contribution is 0.458. The number of aromatic nitrogens is 1. The molecule has 1 saturated heterocycles. The average Bonchev–Trinajstić information content (AvgIpc) is 2.95. The lowest BCUT2D eigenvalue weighted by Gasteiger charge is -2.04. The van der Waals surface area contributed by atoms with Crippen LogP contribution in [0.3, 0.4) is 0 Å².